The monoisotopic (exact) mass is 253 g/mol. The van der Waals surface area contributed by atoms with Crippen molar-refractivity contribution in [2.75, 3.05) is 20.8 Å². The molecule has 0 aromatic rings. The van der Waals surface area contributed by atoms with Crippen molar-refractivity contribution in [1.82, 2.24) is 0 Å². The second-order valence-corrected chi connectivity index (χ2v) is 9.02. The second-order valence-electron chi connectivity index (χ2n) is 3.43. The van der Waals surface area contributed by atoms with Gasteiger partial charge in [0.1, 0.15) is 0 Å². The molecule has 0 saturated heterocycles. The first kappa shape index (κ1) is 20.7. The molecule has 15 heavy (non-hydrogen) atoms. The minimum atomic E-state index is -1.28. The third-order valence-corrected chi connectivity index (χ3v) is 5.06. The first-order valence-corrected chi connectivity index (χ1v) is 10.9. The van der Waals surface area contributed by atoms with Crippen LogP contribution in [-0.2, 0) is 8.85 Å². The minimum absolute atomic E-state index is 0.0756. The Morgan fingerprint density at radius 3 is 1.80 bits per heavy atom. The molecule has 0 spiro atoms. The second kappa shape index (κ2) is 16.7. The normalized spacial score (nSPS) is 10.4. The summed E-state index contributed by atoms with van der Waals surface area (Å²) in [5.41, 5.74) is 5.36. The molecule has 0 unspecified atom stereocenters. The standard InChI is InChI=1S/C6H17NOSi.C2H8OSi.C2H6/c1-8-9(2,3)6-4-5-7;1-3-4-2;1-2/h4-7H2,1-3H3;4H2,1-2H3;1-2H3. The maximum absolute atomic E-state index is 5.36. The molecule has 0 aliphatic carbocycles. The van der Waals surface area contributed by atoms with Crippen molar-refractivity contribution >= 4 is 18.1 Å². The summed E-state index contributed by atoms with van der Waals surface area (Å²) in [7, 11) is 2.18. The Morgan fingerprint density at radius 2 is 1.60 bits per heavy atom. The van der Waals surface area contributed by atoms with Crippen molar-refractivity contribution < 1.29 is 8.85 Å². The summed E-state index contributed by atoms with van der Waals surface area (Å²) < 4.78 is 10.0. The molecule has 0 fully saturated rings. The Labute approximate surface area is 99.8 Å². The van der Waals surface area contributed by atoms with E-state index in [-0.39, 0.29) is 9.76 Å². The van der Waals surface area contributed by atoms with Crippen molar-refractivity contribution in [2.45, 2.75) is 46.0 Å². The summed E-state index contributed by atoms with van der Waals surface area (Å²) in [5, 5.41) is 0. The fourth-order valence-electron chi connectivity index (χ4n) is 0.630. The van der Waals surface area contributed by atoms with Crippen LogP contribution < -0.4 is 5.73 Å². The van der Waals surface area contributed by atoms with Gasteiger partial charge in [-0.3, -0.25) is 0 Å². The Bertz CT molecular complexity index is 101. The summed E-state index contributed by atoms with van der Waals surface area (Å²) in [6.45, 7) is 11.3. The molecule has 0 heterocycles. The molecule has 0 rings (SSSR count). The van der Waals surface area contributed by atoms with Crippen LogP contribution in [0.3, 0.4) is 0 Å². The summed E-state index contributed by atoms with van der Waals surface area (Å²) in [5.74, 6) is 0. The SMILES string of the molecule is CC.CO[SiH2]C.CO[Si](C)(C)CCCN. The van der Waals surface area contributed by atoms with E-state index in [1.54, 1.807) is 14.2 Å². The zero-order chi connectivity index (χ0) is 12.7. The molecule has 0 bridgehead atoms. The van der Waals surface area contributed by atoms with E-state index in [1.807, 2.05) is 13.8 Å². The molecule has 3 nitrogen and oxygen atoms in total. The van der Waals surface area contributed by atoms with Gasteiger partial charge in [-0.05, 0) is 32.1 Å². The first-order valence-electron chi connectivity index (χ1n) is 5.78. The number of rotatable bonds is 5. The van der Waals surface area contributed by atoms with Gasteiger partial charge in [-0.25, -0.2) is 0 Å². The number of hydrogen-bond donors (Lipinski definition) is 1. The molecule has 0 radical (unpaired) electrons. The van der Waals surface area contributed by atoms with Gasteiger partial charge in [0.25, 0.3) is 0 Å². The molecule has 96 valence electrons. The lowest BCUT2D eigenvalue weighted by Gasteiger charge is -2.18. The predicted molar refractivity (Wildman–Crippen MR) is 75.7 cm³/mol. The van der Waals surface area contributed by atoms with E-state index >= 15 is 0 Å². The van der Waals surface area contributed by atoms with Crippen LogP contribution in [0.15, 0.2) is 0 Å². The summed E-state index contributed by atoms with van der Waals surface area (Å²) in [6, 6.07) is 1.18. The van der Waals surface area contributed by atoms with Gasteiger partial charge in [0.2, 0.25) is 0 Å². The molecular weight excluding hydrogens is 222 g/mol. The van der Waals surface area contributed by atoms with Crippen molar-refractivity contribution in [2.24, 2.45) is 5.73 Å². The van der Waals surface area contributed by atoms with Crippen molar-refractivity contribution in [3.63, 3.8) is 0 Å². The van der Waals surface area contributed by atoms with Crippen LogP contribution in [0.2, 0.25) is 25.7 Å². The lowest BCUT2D eigenvalue weighted by atomic mass is 10.5. The van der Waals surface area contributed by atoms with E-state index in [9.17, 15) is 0 Å². The van der Waals surface area contributed by atoms with Crippen LogP contribution >= 0.6 is 0 Å². The fourth-order valence-corrected chi connectivity index (χ4v) is 1.89. The molecule has 0 amide bonds. The third kappa shape index (κ3) is 25.0. The van der Waals surface area contributed by atoms with Crippen LogP contribution in [0.1, 0.15) is 20.3 Å². The molecule has 2 N–H and O–H groups in total. The van der Waals surface area contributed by atoms with Gasteiger partial charge in [0.05, 0.1) is 0 Å². The van der Waals surface area contributed by atoms with E-state index in [0.717, 1.165) is 13.0 Å². The zero-order valence-corrected chi connectivity index (χ0v) is 14.1. The molecule has 0 saturated carbocycles. The maximum Gasteiger partial charge on any atom is 0.186 e. The van der Waals surface area contributed by atoms with E-state index in [0.29, 0.717) is 0 Å². The highest BCUT2D eigenvalue weighted by Gasteiger charge is 2.18. The molecule has 0 atom stereocenters. The van der Waals surface area contributed by atoms with Gasteiger partial charge < -0.3 is 14.6 Å². The molecule has 0 aromatic carbocycles. The van der Waals surface area contributed by atoms with Gasteiger partial charge in [-0.1, -0.05) is 20.4 Å². The largest absolute Gasteiger partial charge is 0.427 e. The third-order valence-electron chi connectivity index (χ3n) is 1.82. The van der Waals surface area contributed by atoms with Gasteiger partial charge in [-0.2, -0.15) is 0 Å². The highest BCUT2D eigenvalue weighted by Crippen LogP contribution is 2.10. The molecular formula is C10H31NO2Si2. The summed E-state index contributed by atoms with van der Waals surface area (Å²) >= 11 is 0. The number of nitrogens with two attached hydrogens (primary N) is 1. The van der Waals surface area contributed by atoms with Crippen LogP contribution in [0.5, 0.6) is 0 Å². The molecule has 0 aliphatic rings. The van der Waals surface area contributed by atoms with E-state index in [2.05, 4.69) is 24.1 Å². The fraction of sp³-hybridized carbons (Fsp3) is 1.00. The molecule has 5 heteroatoms. The van der Waals surface area contributed by atoms with Gasteiger partial charge in [0.15, 0.2) is 18.1 Å². The lowest BCUT2D eigenvalue weighted by Crippen LogP contribution is -2.28. The van der Waals surface area contributed by atoms with E-state index in [1.165, 1.54) is 6.04 Å². The zero-order valence-electron chi connectivity index (χ0n) is 11.7. The lowest BCUT2D eigenvalue weighted by molar-refractivity contribution is 0.402. The summed E-state index contributed by atoms with van der Waals surface area (Å²) in [6.07, 6.45) is 1.10. The Balaban J connectivity index is -0.000000202. The quantitative estimate of drug-likeness (QED) is 0.762. The predicted octanol–water partition coefficient (Wildman–Crippen LogP) is 1.98. The van der Waals surface area contributed by atoms with Gasteiger partial charge in [-0.15, -0.1) is 0 Å². The summed E-state index contributed by atoms with van der Waals surface area (Å²) in [4.78, 5) is 0. The average Bonchev–Trinajstić information content (AvgIpc) is 2.29. The van der Waals surface area contributed by atoms with Crippen LogP contribution in [0, 0.1) is 0 Å². The molecule has 0 aliphatic heterocycles. The van der Waals surface area contributed by atoms with Crippen molar-refractivity contribution in [3.8, 4) is 0 Å². The maximum atomic E-state index is 5.36. The Kier molecular flexibility index (Phi) is 23.1. The minimum Gasteiger partial charge on any atom is -0.427 e. The van der Waals surface area contributed by atoms with Gasteiger partial charge >= 0.3 is 0 Å². The van der Waals surface area contributed by atoms with Crippen LogP contribution in [-0.4, -0.2) is 38.8 Å². The number of hydrogen-bond acceptors (Lipinski definition) is 3. The van der Waals surface area contributed by atoms with Gasteiger partial charge in [0, 0.05) is 14.2 Å². The van der Waals surface area contributed by atoms with Crippen molar-refractivity contribution in [1.29, 1.82) is 0 Å². The Hall–Kier alpha value is 0.314. The average molecular weight is 254 g/mol. The van der Waals surface area contributed by atoms with E-state index < -0.39 is 8.32 Å². The van der Waals surface area contributed by atoms with Crippen molar-refractivity contribution in [3.05, 3.63) is 0 Å². The van der Waals surface area contributed by atoms with Crippen LogP contribution in [0.4, 0.5) is 0 Å². The smallest absolute Gasteiger partial charge is 0.186 e. The molecule has 0 aromatic heterocycles. The first-order chi connectivity index (χ1) is 7.04. The Morgan fingerprint density at radius 1 is 1.20 bits per heavy atom. The van der Waals surface area contributed by atoms with E-state index in [4.69, 9.17) is 10.2 Å². The topological polar surface area (TPSA) is 44.5 Å². The highest BCUT2D eigenvalue weighted by atomic mass is 28.4. The van der Waals surface area contributed by atoms with Crippen LogP contribution in [0.25, 0.3) is 0 Å². The highest BCUT2D eigenvalue weighted by molar-refractivity contribution is 6.71.